The van der Waals surface area contributed by atoms with E-state index in [0.29, 0.717) is 6.42 Å². The van der Waals surface area contributed by atoms with Crippen LogP contribution in [0.1, 0.15) is 32.1 Å². The van der Waals surface area contributed by atoms with E-state index in [1.54, 1.807) is 0 Å². The molecule has 0 unspecified atom stereocenters. The van der Waals surface area contributed by atoms with E-state index < -0.39 is 15.9 Å². The molecule has 1 saturated heterocycles. The highest BCUT2D eigenvalue weighted by Gasteiger charge is 2.15. The quantitative estimate of drug-likeness (QED) is 0.403. The van der Waals surface area contributed by atoms with Gasteiger partial charge in [-0.1, -0.05) is 28.0 Å². The van der Waals surface area contributed by atoms with Gasteiger partial charge in [-0.3, -0.25) is 9.35 Å². The van der Waals surface area contributed by atoms with Crippen LogP contribution < -0.4 is 5.32 Å². The largest absolute Gasteiger partial charge is 0.355 e. The van der Waals surface area contributed by atoms with Crippen molar-refractivity contribution >= 4 is 37.6 Å². The SMILES string of the molecule is O=C(CCCC[C@H]1CCSS1)NCCS(=O)(=O)O. The Hall–Kier alpha value is 0.0800. The van der Waals surface area contributed by atoms with Crippen molar-refractivity contribution in [2.75, 3.05) is 18.1 Å². The Labute approximate surface area is 116 Å². The second-order valence-electron chi connectivity index (χ2n) is 4.21. The average Bonchev–Trinajstić information content (AvgIpc) is 2.75. The highest BCUT2D eigenvalue weighted by molar-refractivity contribution is 8.77. The van der Waals surface area contributed by atoms with Crippen LogP contribution in [0.5, 0.6) is 0 Å². The summed E-state index contributed by atoms with van der Waals surface area (Å²) >= 11 is 0. The van der Waals surface area contributed by atoms with E-state index in [0.717, 1.165) is 24.5 Å². The molecule has 1 heterocycles. The standard InChI is InChI=1S/C10H19NO4S3/c12-10(11-6-8-18(13,14)15)4-2-1-3-9-5-7-16-17-9/h9H,1-8H2,(H,11,12)(H,13,14,15)/t9-/m0/s1. The Morgan fingerprint density at radius 1 is 1.39 bits per heavy atom. The first-order valence-electron chi connectivity index (χ1n) is 5.97. The number of rotatable bonds is 8. The zero-order valence-electron chi connectivity index (χ0n) is 10.1. The number of carbonyl (C=O) groups excluding carboxylic acids is 1. The van der Waals surface area contributed by atoms with Gasteiger partial charge in [0.2, 0.25) is 5.91 Å². The number of unbranched alkanes of at least 4 members (excludes halogenated alkanes) is 1. The van der Waals surface area contributed by atoms with Crippen molar-refractivity contribution in [2.45, 2.75) is 37.4 Å². The first-order valence-corrected chi connectivity index (χ1v) is 9.96. The maximum Gasteiger partial charge on any atom is 0.266 e. The lowest BCUT2D eigenvalue weighted by Gasteiger charge is -2.07. The molecule has 0 spiro atoms. The van der Waals surface area contributed by atoms with E-state index in [1.807, 2.05) is 21.6 Å². The molecule has 1 atom stereocenters. The summed E-state index contributed by atoms with van der Waals surface area (Å²) in [7, 11) is -0.120. The predicted octanol–water partition coefficient (Wildman–Crippen LogP) is 1.70. The molecule has 0 aliphatic carbocycles. The third-order valence-electron chi connectivity index (χ3n) is 2.59. The van der Waals surface area contributed by atoms with Gasteiger partial charge in [0.1, 0.15) is 0 Å². The molecule has 18 heavy (non-hydrogen) atoms. The molecule has 0 aromatic carbocycles. The van der Waals surface area contributed by atoms with E-state index >= 15 is 0 Å². The highest BCUT2D eigenvalue weighted by atomic mass is 33.1. The van der Waals surface area contributed by atoms with Crippen LogP contribution in [0.2, 0.25) is 0 Å². The van der Waals surface area contributed by atoms with Crippen LogP contribution in [0.3, 0.4) is 0 Å². The van der Waals surface area contributed by atoms with Crippen LogP contribution in [-0.2, 0) is 14.9 Å². The Kier molecular flexibility index (Phi) is 7.43. The van der Waals surface area contributed by atoms with Crippen LogP contribution in [0.25, 0.3) is 0 Å². The van der Waals surface area contributed by atoms with Crippen molar-refractivity contribution < 1.29 is 17.8 Å². The number of hydrogen-bond acceptors (Lipinski definition) is 5. The van der Waals surface area contributed by atoms with E-state index in [1.165, 1.54) is 12.2 Å². The fourth-order valence-electron chi connectivity index (χ4n) is 1.63. The van der Waals surface area contributed by atoms with Crippen molar-refractivity contribution in [2.24, 2.45) is 0 Å². The average molecular weight is 313 g/mol. The normalized spacial score (nSPS) is 19.9. The molecule has 0 aromatic heterocycles. The molecule has 1 fully saturated rings. The van der Waals surface area contributed by atoms with Gasteiger partial charge in [-0.25, -0.2) is 0 Å². The summed E-state index contributed by atoms with van der Waals surface area (Å²) in [4.78, 5) is 11.3. The number of hydrogen-bond donors (Lipinski definition) is 2. The third-order valence-corrected chi connectivity index (χ3v) is 6.32. The maximum atomic E-state index is 11.3. The van der Waals surface area contributed by atoms with Gasteiger partial charge in [0.05, 0.1) is 5.75 Å². The maximum absolute atomic E-state index is 11.3. The fraction of sp³-hybridized carbons (Fsp3) is 0.900. The molecule has 2 N–H and O–H groups in total. The molecule has 1 rings (SSSR count). The minimum Gasteiger partial charge on any atom is -0.355 e. The van der Waals surface area contributed by atoms with E-state index in [2.05, 4.69) is 5.32 Å². The molecular formula is C10H19NO4S3. The molecule has 8 heteroatoms. The monoisotopic (exact) mass is 313 g/mol. The van der Waals surface area contributed by atoms with Crippen LogP contribution in [0.15, 0.2) is 0 Å². The van der Waals surface area contributed by atoms with Crippen LogP contribution >= 0.6 is 21.6 Å². The van der Waals surface area contributed by atoms with Gasteiger partial charge in [-0.2, -0.15) is 8.42 Å². The van der Waals surface area contributed by atoms with Gasteiger partial charge in [0.15, 0.2) is 0 Å². The topological polar surface area (TPSA) is 83.5 Å². The Bertz CT molecular complexity index is 352. The van der Waals surface area contributed by atoms with Crippen LogP contribution in [0.4, 0.5) is 0 Å². The third kappa shape index (κ3) is 8.23. The molecule has 0 bridgehead atoms. The lowest BCUT2D eigenvalue weighted by molar-refractivity contribution is -0.121. The summed E-state index contributed by atoms with van der Waals surface area (Å²) in [5.74, 6) is 0.659. The molecule has 5 nitrogen and oxygen atoms in total. The zero-order chi connectivity index (χ0) is 13.4. The van der Waals surface area contributed by atoms with E-state index in [4.69, 9.17) is 4.55 Å². The minimum absolute atomic E-state index is 0.0210. The highest BCUT2D eigenvalue weighted by Crippen LogP contribution is 2.39. The van der Waals surface area contributed by atoms with Gasteiger partial charge < -0.3 is 5.32 Å². The number of amides is 1. The van der Waals surface area contributed by atoms with Crippen molar-refractivity contribution in [1.29, 1.82) is 0 Å². The van der Waals surface area contributed by atoms with Crippen molar-refractivity contribution in [3.63, 3.8) is 0 Å². The van der Waals surface area contributed by atoms with Crippen LogP contribution in [-0.4, -0.2) is 42.2 Å². The van der Waals surface area contributed by atoms with Crippen molar-refractivity contribution in [1.82, 2.24) is 5.32 Å². The molecule has 0 aromatic rings. The molecule has 1 amide bonds. The van der Waals surface area contributed by atoms with Gasteiger partial charge in [-0.05, 0) is 19.3 Å². The van der Waals surface area contributed by atoms with Crippen LogP contribution in [0, 0.1) is 0 Å². The summed E-state index contributed by atoms with van der Waals surface area (Å²) in [6.45, 7) is -0.0210. The Morgan fingerprint density at radius 2 is 2.17 bits per heavy atom. The summed E-state index contributed by atoms with van der Waals surface area (Å²) in [6, 6.07) is 0. The molecule has 1 aliphatic rings. The fourth-order valence-corrected chi connectivity index (χ4v) is 5.02. The summed E-state index contributed by atoms with van der Waals surface area (Å²) < 4.78 is 29.3. The lowest BCUT2D eigenvalue weighted by Crippen LogP contribution is -2.28. The van der Waals surface area contributed by atoms with Gasteiger partial charge in [0, 0.05) is 24.0 Å². The summed E-state index contributed by atoms with van der Waals surface area (Å²) in [6.07, 6.45) is 4.70. The summed E-state index contributed by atoms with van der Waals surface area (Å²) in [5, 5.41) is 3.21. The molecule has 106 valence electrons. The predicted molar refractivity (Wildman–Crippen MR) is 76.3 cm³/mol. The van der Waals surface area contributed by atoms with Gasteiger partial charge >= 0.3 is 0 Å². The van der Waals surface area contributed by atoms with E-state index in [-0.39, 0.29) is 12.5 Å². The zero-order valence-corrected chi connectivity index (χ0v) is 12.6. The van der Waals surface area contributed by atoms with Gasteiger partial charge in [0.25, 0.3) is 10.1 Å². The summed E-state index contributed by atoms with van der Waals surface area (Å²) in [5.41, 5.74) is 0. The van der Waals surface area contributed by atoms with Crippen molar-refractivity contribution in [3.8, 4) is 0 Å². The van der Waals surface area contributed by atoms with E-state index in [9.17, 15) is 13.2 Å². The second-order valence-corrected chi connectivity index (χ2v) is 8.57. The van der Waals surface area contributed by atoms with Gasteiger partial charge in [-0.15, -0.1) is 0 Å². The van der Waals surface area contributed by atoms with Crippen molar-refractivity contribution in [3.05, 3.63) is 0 Å². The molecular weight excluding hydrogens is 294 g/mol. The minimum atomic E-state index is -3.98. The molecule has 0 saturated carbocycles. The number of nitrogens with one attached hydrogen (secondary N) is 1. The molecule has 1 aliphatic heterocycles. The Balaban J connectivity index is 1.96. The first kappa shape index (κ1) is 16.1. The lowest BCUT2D eigenvalue weighted by atomic mass is 10.1. The first-order chi connectivity index (χ1) is 8.47. The number of carbonyl (C=O) groups is 1. The smallest absolute Gasteiger partial charge is 0.266 e. The molecule has 0 radical (unpaired) electrons. The second kappa shape index (κ2) is 8.29. The Morgan fingerprint density at radius 3 is 2.78 bits per heavy atom.